The third kappa shape index (κ3) is 3.29. The molecule has 0 bridgehead atoms. The minimum atomic E-state index is -0.564. The fourth-order valence-corrected chi connectivity index (χ4v) is 3.35. The third-order valence-corrected chi connectivity index (χ3v) is 4.81. The molecule has 0 atom stereocenters. The molecular weight excluding hydrogens is 350 g/mol. The third-order valence-electron chi connectivity index (χ3n) is 3.95. The number of fused-ring (bicyclic) bond motifs is 1. The van der Waals surface area contributed by atoms with E-state index in [0.29, 0.717) is 0 Å². The summed E-state index contributed by atoms with van der Waals surface area (Å²) in [5.41, 5.74) is 0.750. The van der Waals surface area contributed by atoms with Crippen molar-refractivity contribution in [2.24, 2.45) is 0 Å². The van der Waals surface area contributed by atoms with E-state index < -0.39 is 5.76 Å². The Bertz CT molecular complexity index is 1110. The van der Waals surface area contributed by atoms with Crippen molar-refractivity contribution in [3.8, 4) is 10.8 Å². The number of anilines is 1. The van der Waals surface area contributed by atoms with Gasteiger partial charge in [-0.3, -0.25) is 4.79 Å². The highest BCUT2D eigenvalue weighted by Gasteiger charge is 2.13. The number of carbonyl (C=O) groups excluding carboxylic acids is 1. The Kier molecular flexibility index (Phi) is 4.37. The minimum absolute atomic E-state index is 0.125. The fraction of sp³-hybridized carbons (Fsp3) is 0.105. The second-order valence-corrected chi connectivity index (χ2v) is 6.65. The van der Waals surface area contributed by atoms with Crippen molar-refractivity contribution in [2.45, 2.75) is 13.0 Å². The van der Waals surface area contributed by atoms with Gasteiger partial charge in [0, 0.05) is 17.5 Å². The van der Waals surface area contributed by atoms with Gasteiger partial charge in [0.05, 0.1) is 11.4 Å². The minimum Gasteiger partial charge on any atom is -0.387 e. The van der Waals surface area contributed by atoms with Crippen molar-refractivity contribution in [3.63, 3.8) is 0 Å². The van der Waals surface area contributed by atoms with Crippen LogP contribution in [0.2, 0.25) is 0 Å². The number of hydrogen-bond donors (Lipinski definition) is 1. The molecule has 1 N–H and O–H groups in total. The molecule has 0 aliphatic carbocycles. The molecular formula is C19H15N3O3S. The molecule has 0 fully saturated rings. The number of hydrogen-bond acceptors (Lipinski definition) is 5. The Morgan fingerprint density at radius 2 is 1.96 bits per heavy atom. The first-order chi connectivity index (χ1) is 12.7. The van der Waals surface area contributed by atoms with Gasteiger partial charge in [-0.15, -0.1) is 16.4 Å². The standard InChI is InChI=1S/C19H15N3O3S/c23-17(20-15-8-3-6-13-5-1-2-7-14(13)15)10-11-22-19(24)25-18(21-22)16-9-4-12-26-16/h1-9,12H,10-11H2,(H,20,23). The van der Waals surface area contributed by atoms with Gasteiger partial charge < -0.3 is 9.73 Å². The lowest BCUT2D eigenvalue weighted by molar-refractivity contribution is -0.116. The van der Waals surface area contributed by atoms with Gasteiger partial charge in [0.1, 0.15) is 0 Å². The summed E-state index contributed by atoms with van der Waals surface area (Å²) in [7, 11) is 0. The molecule has 1 amide bonds. The zero-order chi connectivity index (χ0) is 17.9. The maximum absolute atomic E-state index is 12.3. The molecule has 0 saturated carbocycles. The smallest absolute Gasteiger partial charge is 0.387 e. The lowest BCUT2D eigenvalue weighted by Crippen LogP contribution is -2.21. The van der Waals surface area contributed by atoms with Crippen LogP contribution in [-0.4, -0.2) is 15.7 Å². The summed E-state index contributed by atoms with van der Waals surface area (Å²) in [4.78, 5) is 25.0. The predicted octanol–water partition coefficient (Wildman–Crippen LogP) is 3.75. The number of carbonyl (C=O) groups is 1. The molecule has 2 heterocycles. The summed E-state index contributed by atoms with van der Waals surface area (Å²) in [6.07, 6.45) is 0.125. The van der Waals surface area contributed by atoms with Crippen LogP contribution in [0, 0.1) is 0 Å². The Morgan fingerprint density at radius 3 is 2.81 bits per heavy atom. The second kappa shape index (κ2) is 6.97. The zero-order valence-electron chi connectivity index (χ0n) is 13.7. The van der Waals surface area contributed by atoms with E-state index in [1.54, 1.807) is 0 Å². The lowest BCUT2D eigenvalue weighted by atomic mass is 10.1. The van der Waals surface area contributed by atoms with Gasteiger partial charge in [0.15, 0.2) is 0 Å². The molecule has 26 heavy (non-hydrogen) atoms. The van der Waals surface area contributed by atoms with Gasteiger partial charge in [0.25, 0.3) is 5.89 Å². The van der Waals surface area contributed by atoms with Crippen molar-refractivity contribution >= 4 is 33.7 Å². The normalized spacial score (nSPS) is 10.9. The molecule has 0 unspecified atom stereocenters. The zero-order valence-corrected chi connectivity index (χ0v) is 14.5. The molecule has 6 nitrogen and oxygen atoms in total. The van der Waals surface area contributed by atoms with Crippen LogP contribution in [0.15, 0.2) is 69.2 Å². The molecule has 4 rings (SSSR count). The van der Waals surface area contributed by atoms with Crippen LogP contribution < -0.4 is 11.1 Å². The largest absolute Gasteiger partial charge is 0.437 e. The van der Waals surface area contributed by atoms with Crippen LogP contribution >= 0.6 is 11.3 Å². The average Bonchev–Trinajstić information content (AvgIpc) is 3.30. The van der Waals surface area contributed by atoms with Crippen molar-refractivity contribution in [1.82, 2.24) is 9.78 Å². The van der Waals surface area contributed by atoms with E-state index in [2.05, 4.69) is 10.4 Å². The molecule has 0 radical (unpaired) electrons. The summed E-state index contributed by atoms with van der Waals surface area (Å²) < 4.78 is 6.32. The van der Waals surface area contributed by atoms with Crippen molar-refractivity contribution in [1.29, 1.82) is 0 Å². The van der Waals surface area contributed by atoms with Crippen LogP contribution in [0.1, 0.15) is 6.42 Å². The van der Waals surface area contributed by atoms with E-state index in [1.165, 1.54) is 16.0 Å². The maximum Gasteiger partial charge on any atom is 0.437 e. The molecule has 2 aromatic heterocycles. The van der Waals surface area contributed by atoms with Crippen LogP contribution in [0.4, 0.5) is 5.69 Å². The van der Waals surface area contributed by atoms with E-state index in [9.17, 15) is 9.59 Å². The summed E-state index contributed by atoms with van der Waals surface area (Å²) in [6, 6.07) is 17.3. The van der Waals surface area contributed by atoms with Crippen molar-refractivity contribution < 1.29 is 9.21 Å². The van der Waals surface area contributed by atoms with Crippen molar-refractivity contribution in [3.05, 3.63) is 70.5 Å². The van der Waals surface area contributed by atoms with Crippen LogP contribution in [-0.2, 0) is 11.3 Å². The number of nitrogens with one attached hydrogen (secondary N) is 1. The number of benzene rings is 2. The van der Waals surface area contributed by atoms with E-state index in [0.717, 1.165) is 21.3 Å². The first-order valence-electron chi connectivity index (χ1n) is 8.10. The van der Waals surface area contributed by atoms with Gasteiger partial charge in [-0.25, -0.2) is 4.79 Å². The van der Waals surface area contributed by atoms with E-state index in [-0.39, 0.29) is 24.8 Å². The van der Waals surface area contributed by atoms with Crippen LogP contribution in [0.5, 0.6) is 0 Å². The average molecular weight is 365 g/mol. The second-order valence-electron chi connectivity index (χ2n) is 5.70. The molecule has 0 aliphatic rings. The van der Waals surface area contributed by atoms with E-state index >= 15 is 0 Å². The van der Waals surface area contributed by atoms with Gasteiger partial charge in [-0.1, -0.05) is 42.5 Å². The van der Waals surface area contributed by atoms with Gasteiger partial charge in [-0.2, -0.15) is 4.68 Å². The van der Waals surface area contributed by atoms with Crippen LogP contribution in [0.3, 0.4) is 0 Å². The van der Waals surface area contributed by atoms with E-state index in [1.807, 2.05) is 60.0 Å². The highest BCUT2D eigenvalue weighted by atomic mass is 32.1. The summed E-state index contributed by atoms with van der Waals surface area (Å²) in [5, 5.41) is 11.0. The van der Waals surface area contributed by atoms with Gasteiger partial charge in [-0.05, 0) is 22.9 Å². The number of amides is 1. The molecule has 2 aromatic carbocycles. The number of aromatic nitrogens is 2. The molecule has 7 heteroatoms. The predicted molar refractivity (Wildman–Crippen MR) is 101 cm³/mol. The summed E-state index contributed by atoms with van der Waals surface area (Å²) >= 11 is 1.44. The highest BCUT2D eigenvalue weighted by Crippen LogP contribution is 2.23. The molecule has 0 spiro atoms. The number of thiophene rings is 1. The number of aryl methyl sites for hydroxylation is 1. The van der Waals surface area contributed by atoms with E-state index in [4.69, 9.17) is 4.42 Å². The quantitative estimate of drug-likeness (QED) is 0.584. The molecule has 0 saturated heterocycles. The molecule has 0 aliphatic heterocycles. The highest BCUT2D eigenvalue weighted by molar-refractivity contribution is 7.13. The first-order valence-corrected chi connectivity index (χ1v) is 8.98. The Balaban J connectivity index is 1.45. The van der Waals surface area contributed by atoms with Gasteiger partial charge >= 0.3 is 5.76 Å². The summed E-state index contributed by atoms with van der Waals surface area (Å²) in [5.74, 6) is -0.472. The molecule has 130 valence electrons. The van der Waals surface area contributed by atoms with Gasteiger partial charge in [0.2, 0.25) is 5.91 Å². The maximum atomic E-state index is 12.3. The monoisotopic (exact) mass is 365 g/mol. The number of nitrogens with zero attached hydrogens (tertiary/aromatic N) is 2. The lowest BCUT2D eigenvalue weighted by Gasteiger charge is -2.08. The van der Waals surface area contributed by atoms with Crippen LogP contribution in [0.25, 0.3) is 21.5 Å². The Hall–Kier alpha value is -3.19. The SMILES string of the molecule is O=C(CCn1nc(-c2cccs2)oc1=O)Nc1cccc2ccccc12. The fourth-order valence-electron chi connectivity index (χ4n) is 2.70. The van der Waals surface area contributed by atoms with Crippen molar-refractivity contribution in [2.75, 3.05) is 5.32 Å². The first kappa shape index (κ1) is 16.3. The summed E-state index contributed by atoms with van der Waals surface area (Å²) in [6.45, 7) is 0.157. The Labute approximate surface area is 152 Å². The Morgan fingerprint density at radius 1 is 1.12 bits per heavy atom. The topological polar surface area (TPSA) is 77.1 Å². The number of rotatable bonds is 5. The molecule has 4 aromatic rings.